The van der Waals surface area contributed by atoms with Crippen LogP contribution in [0.5, 0.6) is 0 Å². The van der Waals surface area contributed by atoms with E-state index >= 15 is 0 Å². The van der Waals surface area contributed by atoms with Crippen LogP contribution in [-0.2, 0) is 0 Å². The first-order valence-corrected chi connectivity index (χ1v) is 8.26. The maximum absolute atomic E-state index is 6.05. The van der Waals surface area contributed by atoms with Crippen molar-refractivity contribution in [2.75, 3.05) is 5.73 Å². The number of nitrogens with two attached hydrogens (primary N) is 1. The van der Waals surface area contributed by atoms with Crippen molar-refractivity contribution in [2.45, 2.75) is 38.5 Å². The molecule has 2 heterocycles. The highest BCUT2D eigenvalue weighted by molar-refractivity contribution is 9.10. The van der Waals surface area contributed by atoms with E-state index in [1.165, 1.54) is 31.2 Å². The lowest BCUT2D eigenvalue weighted by Crippen LogP contribution is -2.06. The van der Waals surface area contributed by atoms with E-state index in [-0.39, 0.29) is 0 Å². The van der Waals surface area contributed by atoms with Crippen LogP contribution < -0.4 is 5.73 Å². The van der Waals surface area contributed by atoms with Crippen molar-refractivity contribution in [1.82, 2.24) is 9.97 Å². The SMILES string of the molecule is Cc1cscc1-c1nc(N)c(Br)c(C2CCCC2)n1. The van der Waals surface area contributed by atoms with Crippen LogP contribution in [0.2, 0.25) is 0 Å². The maximum Gasteiger partial charge on any atom is 0.162 e. The average molecular weight is 338 g/mol. The highest BCUT2D eigenvalue weighted by Crippen LogP contribution is 2.39. The summed E-state index contributed by atoms with van der Waals surface area (Å²) >= 11 is 5.24. The van der Waals surface area contributed by atoms with Crippen LogP contribution in [0.3, 0.4) is 0 Å². The van der Waals surface area contributed by atoms with Gasteiger partial charge in [0.05, 0.1) is 10.2 Å². The Hall–Kier alpha value is -0.940. The maximum atomic E-state index is 6.05. The van der Waals surface area contributed by atoms with E-state index in [9.17, 15) is 0 Å². The summed E-state index contributed by atoms with van der Waals surface area (Å²) in [5.41, 5.74) is 9.45. The van der Waals surface area contributed by atoms with E-state index < -0.39 is 0 Å². The van der Waals surface area contributed by atoms with Gasteiger partial charge >= 0.3 is 0 Å². The van der Waals surface area contributed by atoms with Crippen molar-refractivity contribution < 1.29 is 0 Å². The summed E-state index contributed by atoms with van der Waals surface area (Å²) in [6, 6.07) is 0. The first-order chi connectivity index (χ1) is 9.16. The summed E-state index contributed by atoms with van der Waals surface area (Å²) in [5, 5.41) is 4.21. The number of aromatic nitrogens is 2. The van der Waals surface area contributed by atoms with Gasteiger partial charge in [0.2, 0.25) is 0 Å². The molecule has 1 aliphatic rings. The number of rotatable bonds is 2. The molecule has 0 aromatic carbocycles. The predicted octanol–water partition coefficient (Wildman–Crippen LogP) is 4.52. The van der Waals surface area contributed by atoms with E-state index in [1.54, 1.807) is 11.3 Å². The number of hydrogen-bond donors (Lipinski definition) is 1. The molecule has 0 radical (unpaired) electrons. The molecule has 0 saturated heterocycles. The van der Waals surface area contributed by atoms with Crippen LogP contribution in [0, 0.1) is 6.92 Å². The van der Waals surface area contributed by atoms with Crippen LogP contribution in [0.4, 0.5) is 5.82 Å². The Kier molecular flexibility index (Phi) is 3.58. The molecule has 2 N–H and O–H groups in total. The first kappa shape index (κ1) is 13.1. The molecule has 0 atom stereocenters. The van der Waals surface area contributed by atoms with Gasteiger partial charge in [-0.15, -0.1) is 0 Å². The van der Waals surface area contributed by atoms with Gasteiger partial charge in [-0.05, 0) is 46.6 Å². The number of nitrogens with zero attached hydrogens (tertiary/aromatic N) is 2. The molecule has 3 nitrogen and oxygen atoms in total. The molecule has 19 heavy (non-hydrogen) atoms. The number of aryl methyl sites for hydroxylation is 1. The van der Waals surface area contributed by atoms with E-state index in [2.05, 4.69) is 38.6 Å². The van der Waals surface area contributed by atoms with Gasteiger partial charge in [-0.3, -0.25) is 0 Å². The normalized spacial score (nSPS) is 16.1. The number of halogens is 1. The second kappa shape index (κ2) is 5.21. The van der Waals surface area contributed by atoms with Gasteiger partial charge in [0.1, 0.15) is 5.82 Å². The van der Waals surface area contributed by atoms with Crippen molar-refractivity contribution >= 4 is 33.1 Å². The third kappa shape index (κ3) is 2.41. The second-order valence-corrected chi connectivity index (χ2v) is 6.62. The minimum atomic E-state index is 0.525. The van der Waals surface area contributed by atoms with Gasteiger partial charge in [0.25, 0.3) is 0 Å². The third-order valence-corrected chi connectivity index (χ3v) is 5.41. The van der Waals surface area contributed by atoms with Crippen LogP contribution in [0.15, 0.2) is 15.2 Å². The fourth-order valence-corrected chi connectivity index (χ4v) is 3.99. The van der Waals surface area contributed by atoms with Gasteiger partial charge in [-0.1, -0.05) is 12.8 Å². The topological polar surface area (TPSA) is 51.8 Å². The van der Waals surface area contributed by atoms with Gasteiger partial charge in [0, 0.05) is 16.9 Å². The molecule has 0 aliphatic heterocycles. The minimum absolute atomic E-state index is 0.525. The Labute approximate surface area is 125 Å². The minimum Gasteiger partial charge on any atom is -0.383 e. The fraction of sp³-hybridized carbons (Fsp3) is 0.429. The van der Waals surface area contributed by atoms with Crippen LogP contribution >= 0.6 is 27.3 Å². The number of anilines is 1. The lowest BCUT2D eigenvalue weighted by atomic mass is 10.0. The summed E-state index contributed by atoms with van der Waals surface area (Å²) in [4.78, 5) is 9.22. The molecular weight excluding hydrogens is 322 g/mol. The van der Waals surface area contributed by atoms with Gasteiger partial charge in [-0.2, -0.15) is 11.3 Å². The van der Waals surface area contributed by atoms with E-state index in [0.717, 1.165) is 21.6 Å². The lowest BCUT2D eigenvalue weighted by molar-refractivity contribution is 0.691. The molecule has 2 aromatic rings. The van der Waals surface area contributed by atoms with Crippen LogP contribution in [0.1, 0.15) is 42.9 Å². The predicted molar refractivity (Wildman–Crippen MR) is 83.4 cm³/mol. The standard InChI is InChI=1S/C14H16BrN3S/c1-8-6-19-7-10(8)14-17-12(9-4-2-3-5-9)11(15)13(16)18-14/h6-7,9H,2-5H2,1H3,(H2,16,17,18). The molecule has 1 aliphatic carbocycles. The molecule has 0 amide bonds. The zero-order chi connectivity index (χ0) is 13.4. The molecule has 0 bridgehead atoms. The van der Waals surface area contributed by atoms with E-state index in [4.69, 9.17) is 10.7 Å². The monoisotopic (exact) mass is 337 g/mol. The molecular formula is C14H16BrN3S. The first-order valence-electron chi connectivity index (χ1n) is 6.53. The molecule has 1 saturated carbocycles. The Morgan fingerprint density at radius 1 is 1.26 bits per heavy atom. The summed E-state index contributed by atoms with van der Waals surface area (Å²) in [7, 11) is 0. The van der Waals surface area contributed by atoms with Gasteiger partial charge in [0.15, 0.2) is 5.82 Å². The molecule has 0 unspecified atom stereocenters. The van der Waals surface area contributed by atoms with Crippen molar-refractivity contribution in [3.05, 3.63) is 26.5 Å². The van der Waals surface area contributed by atoms with Gasteiger partial charge < -0.3 is 5.73 Å². The summed E-state index contributed by atoms with van der Waals surface area (Å²) in [6.45, 7) is 2.09. The summed E-state index contributed by atoms with van der Waals surface area (Å²) in [6.07, 6.45) is 4.98. The highest BCUT2D eigenvalue weighted by atomic mass is 79.9. The number of nitrogen functional groups attached to an aromatic ring is 1. The van der Waals surface area contributed by atoms with Crippen molar-refractivity contribution in [2.24, 2.45) is 0 Å². The Bertz CT molecular complexity index is 603. The summed E-state index contributed by atoms with van der Waals surface area (Å²) in [5.74, 6) is 1.84. The smallest absolute Gasteiger partial charge is 0.162 e. The number of hydrogen-bond acceptors (Lipinski definition) is 4. The molecule has 0 spiro atoms. The Morgan fingerprint density at radius 2 is 2.00 bits per heavy atom. The molecule has 100 valence electrons. The number of thiophene rings is 1. The second-order valence-electron chi connectivity index (χ2n) is 5.08. The third-order valence-electron chi connectivity index (χ3n) is 3.74. The van der Waals surface area contributed by atoms with Crippen molar-refractivity contribution in [1.29, 1.82) is 0 Å². The molecule has 1 fully saturated rings. The fourth-order valence-electron chi connectivity index (χ4n) is 2.66. The molecule has 5 heteroatoms. The Morgan fingerprint density at radius 3 is 2.63 bits per heavy atom. The van der Waals surface area contributed by atoms with Crippen LogP contribution in [0.25, 0.3) is 11.4 Å². The van der Waals surface area contributed by atoms with Gasteiger partial charge in [-0.25, -0.2) is 9.97 Å². The molecule has 3 rings (SSSR count). The quantitative estimate of drug-likeness (QED) is 0.876. The lowest BCUT2D eigenvalue weighted by Gasteiger charge is -2.13. The zero-order valence-electron chi connectivity index (χ0n) is 10.8. The van der Waals surface area contributed by atoms with Crippen LogP contribution in [-0.4, -0.2) is 9.97 Å². The van der Waals surface area contributed by atoms with Crippen molar-refractivity contribution in [3.8, 4) is 11.4 Å². The highest BCUT2D eigenvalue weighted by Gasteiger charge is 2.23. The largest absolute Gasteiger partial charge is 0.383 e. The average Bonchev–Trinajstić information content (AvgIpc) is 3.03. The van der Waals surface area contributed by atoms with Crippen molar-refractivity contribution in [3.63, 3.8) is 0 Å². The van der Waals surface area contributed by atoms with E-state index in [1.807, 2.05) is 0 Å². The molecule has 2 aromatic heterocycles. The zero-order valence-corrected chi connectivity index (χ0v) is 13.2. The summed E-state index contributed by atoms with van der Waals surface area (Å²) < 4.78 is 0.885. The Balaban J connectivity index is 2.10. The van der Waals surface area contributed by atoms with E-state index in [0.29, 0.717) is 11.7 Å².